The Morgan fingerprint density at radius 3 is 2.83 bits per heavy atom. The molecule has 0 spiro atoms. The van der Waals surface area contributed by atoms with E-state index >= 15 is 0 Å². The van der Waals surface area contributed by atoms with Gasteiger partial charge in [0.05, 0.1) is 0 Å². The second-order valence-electron chi connectivity index (χ2n) is 6.73. The quantitative estimate of drug-likeness (QED) is 0.600. The monoisotopic (exact) mass is 317 g/mol. The summed E-state index contributed by atoms with van der Waals surface area (Å²) >= 11 is 0. The molecule has 0 aliphatic carbocycles. The molecule has 0 saturated heterocycles. The lowest BCUT2D eigenvalue weighted by molar-refractivity contribution is 0.246. The van der Waals surface area contributed by atoms with Crippen LogP contribution >= 0.6 is 0 Å². The molecule has 1 aromatic carbocycles. The number of anilines is 1. The number of benzene rings is 1. The van der Waals surface area contributed by atoms with Gasteiger partial charge >= 0.3 is 0 Å². The standard InChI is InChI=1S/C19H31N3O/c1-4-20-19(21-14-16(10-12-23)13-15(2)3)22-11-9-17-7-5-6-8-18(17)22/h5-8,15-16,23H,4,9-14H2,1-3H3,(H,20,21). The summed E-state index contributed by atoms with van der Waals surface area (Å²) in [5.41, 5.74) is 2.67. The third-order valence-electron chi connectivity index (χ3n) is 4.32. The molecule has 0 radical (unpaired) electrons. The Morgan fingerprint density at radius 2 is 2.13 bits per heavy atom. The maximum absolute atomic E-state index is 9.29. The van der Waals surface area contributed by atoms with E-state index in [1.165, 1.54) is 11.3 Å². The van der Waals surface area contributed by atoms with Crippen molar-refractivity contribution in [2.24, 2.45) is 16.8 Å². The molecule has 1 heterocycles. The summed E-state index contributed by atoms with van der Waals surface area (Å²) in [6.45, 7) is 9.45. The van der Waals surface area contributed by atoms with Gasteiger partial charge in [0.15, 0.2) is 5.96 Å². The molecule has 1 aliphatic rings. The van der Waals surface area contributed by atoms with Crippen molar-refractivity contribution in [1.82, 2.24) is 5.32 Å². The average Bonchev–Trinajstić information content (AvgIpc) is 2.95. The van der Waals surface area contributed by atoms with Crippen LogP contribution in [-0.2, 0) is 6.42 Å². The van der Waals surface area contributed by atoms with E-state index in [4.69, 9.17) is 4.99 Å². The van der Waals surface area contributed by atoms with Gasteiger partial charge in [-0.3, -0.25) is 4.99 Å². The molecule has 0 aromatic heterocycles. The predicted molar refractivity (Wildman–Crippen MR) is 98.1 cm³/mol. The first kappa shape index (κ1) is 17.8. The largest absolute Gasteiger partial charge is 0.396 e. The topological polar surface area (TPSA) is 47.9 Å². The van der Waals surface area contributed by atoms with Crippen molar-refractivity contribution in [3.05, 3.63) is 29.8 Å². The van der Waals surface area contributed by atoms with Crippen molar-refractivity contribution in [3.63, 3.8) is 0 Å². The summed E-state index contributed by atoms with van der Waals surface area (Å²) in [5.74, 6) is 2.06. The van der Waals surface area contributed by atoms with Crippen LogP contribution in [-0.4, -0.2) is 37.3 Å². The lowest BCUT2D eigenvalue weighted by Crippen LogP contribution is -2.41. The lowest BCUT2D eigenvalue weighted by Gasteiger charge is -2.23. The summed E-state index contributed by atoms with van der Waals surface area (Å²) in [6.07, 6.45) is 3.02. The van der Waals surface area contributed by atoms with Gasteiger partial charge in [0.2, 0.25) is 0 Å². The number of aliphatic hydroxyl groups is 1. The van der Waals surface area contributed by atoms with Crippen molar-refractivity contribution in [3.8, 4) is 0 Å². The van der Waals surface area contributed by atoms with Gasteiger partial charge in [0, 0.05) is 31.9 Å². The highest BCUT2D eigenvalue weighted by Gasteiger charge is 2.22. The molecule has 0 fully saturated rings. The fraction of sp³-hybridized carbons (Fsp3) is 0.632. The zero-order chi connectivity index (χ0) is 16.7. The zero-order valence-electron chi connectivity index (χ0n) is 14.8. The molecule has 1 unspecified atom stereocenters. The van der Waals surface area contributed by atoms with Gasteiger partial charge in [0.25, 0.3) is 0 Å². The number of guanidine groups is 1. The van der Waals surface area contributed by atoms with Gasteiger partial charge < -0.3 is 15.3 Å². The normalized spacial score (nSPS) is 15.9. The Hall–Kier alpha value is -1.55. The molecule has 2 N–H and O–H groups in total. The first-order valence-electron chi connectivity index (χ1n) is 8.90. The smallest absolute Gasteiger partial charge is 0.198 e. The Balaban J connectivity index is 2.11. The molecule has 0 saturated carbocycles. The van der Waals surface area contributed by atoms with Gasteiger partial charge in [0.1, 0.15) is 0 Å². The first-order valence-corrected chi connectivity index (χ1v) is 8.90. The molecule has 0 amide bonds. The summed E-state index contributed by atoms with van der Waals surface area (Å²) in [4.78, 5) is 7.18. The van der Waals surface area contributed by atoms with Crippen molar-refractivity contribution < 1.29 is 5.11 Å². The Kier molecular flexibility index (Phi) is 6.90. The first-order chi connectivity index (χ1) is 11.2. The van der Waals surface area contributed by atoms with Crippen molar-refractivity contribution in [2.45, 2.75) is 40.0 Å². The number of aliphatic hydroxyl groups excluding tert-OH is 1. The van der Waals surface area contributed by atoms with Crippen molar-refractivity contribution in [2.75, 3.05) is 31.1 Å². The minimum Gasteiger partial charge on any atom is -0.396 e. The fourth-order valence-corrected chi connectivity index (χ4v) is 3.30. The highest BCUT2D eigenvalue weighted by molar-refractivity contribution is 5.97. The van der Waals surface area contributed by atoms with Crippen LogP contribution in [0.2, 0.25) is 0 Å². The maximum Gasteiger partial charge on any atom is 0.198 e. The second-order valence-corrected chi connectivity index (χ2v) is 6.73. The molecule has 1 aliphatic heterocycles. The molecule has 4 heteroatoms. The molecule has 128 valence electrons. The Labute approximate surface area is 140 Å². The number of nitrogens with one attached hydrogen (secondary N) is 1. The summed E-state index contributed by atoms with van der Waals surface area (Å²) in [6, 6.07) is 8.57. The van der Waals surface area contributed by atoms with Crippen LogP contribution in [0.5, 0.6) is 0 Å². The van der Waals surface area contributed by atoms with Crippen molar-refractivity contribution in [1.29, 1.82) is 0 Å². The van der Waals surface area contributed by atoms with Crippen LogP contribution < -0.4 is 10.2 Å². The summed E-state index contributed by atoms with van der Waals surface area (Å²) < 4.78 is 0. The van der Waals surface area contributed by atoms with E-state index in [9.17, 15) is 5.11 Å². The van der Waals surface area contributed by atoms with Crippen LogP contribution in [0.4, 0.5) is 5.69 Å². The number of nitrogens with zero attached hydrogens (tertiary/aromatic N) is 2. The maximum atomic E-state index is 9.29. The van der Waals surface area contributed by atoms with Crippen LogP contribution in [0.25, 0.3) is 0 Å². The lowest BCUT2D eigenvalue weighted by atomic mass is 9.94. The Bertz CT molecular complexity index is 513. The minimum absolute atomic E-state index is 0.246. The molecule has 23 heavy (non-hydrogen) atoms. The van der Waals surface area contributed by atoms with E-state index < -0.39 is 0 Å². The van der Waals surface area contributed by atoms with Gasteiger partial charge in [-0.05, 0) is 49.7 Å². The molecule has 1 atom stereocenters. The van der Waals surface area contributed by atoms with Crippen LogP contribution in [0.15, 0.2) is 29.3 Å². The number of hydrogen-bond donors (Lipinski definition) is 2. The predicted octanol–water partition coefficient (Wildman–Crippen LogP) is 3.06. The van der Waals surface area contributed by atoms with Crippen LogP contribution in [0.3, 0.4) is 0 Å². The van der Waals surface area contributed by atoms with E-state index in [1.54, 1.807) is 0 Å². The third kappa shape index (κ3) is 4.96. The van der Waals surface area contributed by atoms with E-state index in [-0.39, 0.29) is 6.61 Å². The van der Waals surface area contributed by atoms with E-state index in [0.717, 1.165) is 44.9 Å². The molecule has 1 aromatic rings. The third-order valence-corrected chi connectivity index (χ3v) is 4.32. The zero-order valence-corrected chi connectivity index (χ0v) is 14.8. The van der Waals surface area contributed by atoms with Gasteiger partial charge in [-0.2, -0.15) is 0 Å². The van der Waals surface area contributed by atoms with Crippen LogP contribution in [0, 0.1) is 11.8 Å². The summed E-state index contributed by atoms with van der Waals surface area (Å²) in [5, 5.41) is 12.7. The Morgan fingerprint density at radius 1 is 1.35 bits per heavy atom. The molecular formula is C19H31N3O. The number of rotatable bonds is 7. The molecule has 0 bridgehead atoms. The average molecular weight is 317 g/mol. The van der Waals surface area contributed by atoms with E-state index in [0.29, 0.717) is 11.8 Å². The molecule has 2 rings (SSSR count). The SMILES string of the molecule is CCNC(=NCC(CCO)CC(C)C)N1CCc2ccccc21. The number of hydrogen-bond acceptors (Lipinski definition) is 2. The van der Waals surface area contributed by atoms with Gasteiger partial charge in [-0.15, -0.1) is 0 Å². The van der Waals surface area contributed by atoms with E-state index in [2.05, 4.69) is 55.3 Å². The van der Waals surface area contributed by atoms with Gasteiger partial charge in [-0.25, -0.2) is 0 Å². The summed E-state index contributed by atoms with van der Waals surface area (Å²) in [7, 11) is 0. The molecule has 4 nitrogen and oxygen atoms in total. The highest BCUT2D eigenvalue weighted by Crippen LogP contribution is 2.27. The second kappa shape index (κ2) is 8.92. The minimum atomic E-state index is 0.246. The van der Waals surface area contributed by atoms with Gasteiger partial charge in [-0.1, -0.05) is 32.0 Å². The molecular weight excluding hydrogens is 286 g/mol. The fourth-order valence-electron chi connectivity index (χ4n) is 3.30. The number of aliphatic imine (C=N–C) groups is 1. The number of fused-ring (bicyclic) bond motifs is 1. The number of para-hydroxylation sites is 1. The van der Waals surface area contributed by atoms with Crippen LogP contribution in [0.1, 0.15) is 39.2 Å². The highest BCUT2D eigenvalue weighted by atomic mass is 16.3. The van der Waals surface area contributed by atoms with Crippen molar-refractivity contribution >= 4 is 11.6 Å². The van der Waals surface area contributed by atoms with E-state index in [1.807, 2.05) is 0 Å².